The van der Waals surface area contributed by atoms with Crippen LogP contribution in [0, 0.1) is 11.3 Å². The van der Waals surface area contributed by atoms with Gasteiger partial charge < -0.3 is 15.2 Å². The van der Waals surface area contributed by atoms with Gasteiger partial charge in [0, 0.05) is 5.92 Å². The van der Waals surface area contributed by atoms with Crippen LogP contribution in [0.4, 0.5) is 5.69 Å². The van der Waals surface area contributed by atoms with Gasteiger partial charge in [-0.05, 0) is 42.9 Å². The number of benzene rings is 1. The molecule has 0 aromatic heterocycles. The highest BCUT2D eigenvalue weighted by Crippen LogP contribution is 2.70. The minimum absolute atomic E-state index is 0.0539. The van der Waals surface area contributed by atoms with Crippen LogP contribution in [-0.4, -0.2) is 24.1 Å². The standard InChI is InChI=1S/C14H15NO4/c1-19-8-2-3-11(9(6-8)13(17)18)15-12(16)10-7-14(10)4-5-14/h2-3,6,10H,4-5,7H2,1H3,(H,15,16)(H,17,18). The number of rotatable bonds is 4. The molecule has 0 bridgehead atoms. The summed E-state index contributed by atoms with van der Waals surface area (Å²) in [6.45, 7) is 0. The molecule has 2 aliphatic carbocycles. The van der Waals surface area contributed by atoms with Gasteiger partial charge in [-0.2, -0.15) is 0 Å². The fourth-order valence-corrected chi connectivity index (χ4v) is 2.59. The zero-order chi connectivity index (χ0) is 13.6. The topological polar surface area (TPSA) is 75.6 Å². The van der Waals surface area contributed by atoms with Crippen molar-refractivity contribution in [1.82, 2.24) is 0 Å². The van der Waals surface area contributed by atoms with E-state index >= 15 is 0 Å². The van der Waals surface area contributed by atoms with Gasteiger partial charge >= 0.3 is 5.97 Å². The van der Waals surface area contributed by atoms with Gasteiger partial charge in [-0.25, -0.2) is 4.79 Å². The van der Waals surface area contributed by atoms with Crippen LogP contribution < -0.4 is 10.1 Å². The molecule has 0 heterocycles. The molecule has 100 valence electrons. The zero-order valence-electron chi connectivity index (χ0n) is 10.6. The van der Waals surface area contributed by atoms with Gasteiger partial charge in [0.25, 0.3) is 0 Å². The van der Waals surface area contributed by atoms with Crippen molar-refractivity contribution in [3.8, 4) is 5.75 Å². The molecule has 19 heavy (non-hydrogen) atoms. The van der Waals surface area contributed by atoms with Crippen molar-refractivity contribution in [2.24, 2.45) is 11.3 Å². The van der Waals surface area contributed by atoms with Crippen LogP contribution in [0.25, 0.3) is 0 Å². The lowest BCUT2D eigenvalue weighted by Gasteiger charge is -2.10. The first-order valence-electron chi connectivity index (χ1n) is 6.28. The Balaban J connectivity index is 1.79. The fourth-order valence-electron chi connectivity index (χ4n) is 2.59. The molecule has 1 atom stereocenters. The average molecular weight is 261 g/mol. The summed E-state index contributed by atoms with van der Waals surface area (Å²) in [6.07, 6.45) is 3.19. The van der Waals surface area contributed by atoms with E-state index in [4.69, 9.17) is 9.84 Å². The molecule has 0 radical (unpaired) electrons. The van der Waals surface area contributed by atoms with Crippen LogP contribution in [0.15, 0.2) is 18.2 Å². The second-order valence-corrected chi connectivity index (χ2v) is 5.33. The fraction of sp³-hybridized carbons (Fsp3) is 0.429. The Hall–Kier alpha value is -2.04. The lowest BCUT2D eigenvalue weighted by Crippen LogP contribution is -2.17. The number of carbonyl (C=O) groups is 2. The maximum absolute atomic E-state index is 12.0. The van der Waals surface area contributed by atoms with Crippen LogP contribution in [0.5, 0.6) is 5.75 Å². The molecule has 5 nitrogen and oxygen atoms in total. The molecule has 2 N–H and O–H groups in total. The van der Waals surface area contributed by atoms with E-state index in [1.54, 1.807) is 12.1 Å². The third kappa shape index (κ3) is 2.05. The molecule has 1 amide bonds. The third-order valence-corrected chi connectivity index (χ3v) is 4.11. The number of anilines is 1. The van der Waals surface area contributed by atoms with E-state index < -0.39 is 5.97 Å². The summed E-state index contributed by atoms with van der Waals surface area (Å²) in [7, 11) is 1.47. The molecule has 2 fully saturated rings. The number of carboxylic acids is 1. The smallest absolute Gasteiger partial charge is 0.337 e. The van der Waals surface area contributed by atoms with Gasteiger partial charge in [0.05, 0.1) is 18.4 Å². The molecular weight excluding hydrogens is 246 g/mol. The molecule has 3 rings (SSSR count). The minimum Gasteiger partial charge on any atom is -0.497 e. The Morgan fingerprint density at radius 3 is 2.68 bits per heavy atom. The van der Waals surface area contributed by atoms with E-state index in [9.17, 15) is 9.59 Å². The van der Waals surface area contributed by atoms with Gasteiger partial charge in [-0.3, -0.25) is 4.79 Å². The first kappa shape index (κ1) is 12.0. The van der Waals surface area contributed by atoms with Crippen molar-refractivity contribution in [3.63, 3.8) is 0 Å². The number of carbonyl (C=O) groups excluding carboxylic acids is 1. The number of hydrogen-bond donors (Lipinski definition) is 2. The molecule has 0 saturated heterocycles. The number of hydrogen-bond acceptors (Lipinski definition) is 3. The van der Waals surface area contributed by atoms with E-state index in [1.165, 1.54) is 13.2 Å². The quantitative estimate of drug-likeness (QED) is 0.870. The molecule has 1 aromatic carbocycles. The molecule has 1 aromatic rings. The van der Waals surface area contributed by atoms with Crippen LogP contribution >= 0.6 is 0 Å². The highest BCUT2D eigenvalue weighted by atomic mass is 16.5. The lowest BCUT2D eigenvalue weighted by molar-refractivity contribution is -0.117. The van der Waals surface area contributed by atoms with Gasteiger partial charge in [-0.1, -0.05) is 0 Å². The number of nitrogens with one attached hydrogen (secondary N) is 1. The summed E-state index contributed by atoms with van der Waals surface area (Å²) < 4.78 is 4.99. The molecular formula is C14H15NO4. The molecule has 0 aliphatic heterocycles. The maximum Gasteiger partial charge on any atom is 0.337 e. The highest BCUT2D eigenvalue weighted by molar-refractivity contribution is 6.02. The summed E-state index contributed by atoms with van der Waals surface area (Å²) in [5.74, 6) is -0.618. The van der Waals surface area contributed by atoms with Gasteiger partial charge in [-0.15, -0.1) is 0 Å². The summed E-state index contributed by atoms with van der Waals surface area (Å²) in [4.78, 5) is 23.2. The Bertz CT molecular complexity index is 563. The van der Waals surface area contributed by atoms with Crippen molar-refractivity contribution in [2.75, 3.05) is 12.4 Å². The lowest BCUT2D eigenvalue weighted by atomic mass is 10.1. The van der Waals surface area contributed by atoms with Crippen molar-refractivity contribution in [2.45, 2.75) is 19.3 Å². The first-order valence-corrected chi connectivity index (χ1v) is 6.28. The summed E-state index contributed by atoms with van der Waals surface area (Å²) >= 11 is 0. The monoisotopic (exact) mass is 261 g/mol. The number of amides is 1. The SMILES string of the molecule is COc1ccc(NC(=O)C2CC23CC3)c(C(=O)O)c1. The number of methoxy groups -OCH3 is 1. The highest BCUT2D eigenvalue weighted by Gasteiger charge is 2.65. The summed E-state index contributed by atoms with van der Waals surface area (Å²) in [5, 5.41) is 11.9. The average Bonchev–Trinajstić information content (AvgIpc) is 3.30. The van der Waals surface area contributed by atoms with Gasteiger partial charge in [0.15, 0.2) is 0 Å². The van der Waals surface area contributed by atoms with Crippen molar-refractivity contribution in [1.29, 1.82) is 0 Å². The minimum atomic E-state index is -1.08. The number of aromatic carboxylic acids is 1. The molecule has 5 heteroatoms. The van der Waals surface area contributed by atoms with E-state index in [-0.39, 0.29) is 22.8 Å². The zero-order valence-corrected chi connectivity index (χ0v) is 10.6. The molecule has 2 saturated carbocycles. The predicted molar refractivity (Wildman–Crippen MR) is 68.4 cm³/mol. The van der Waals surface area contributed by atoms with E-state index in [1.807, 2.05) is 0 Å². The maximum atomic E-state index is 12.0. The van der Waals surface area contributed by atoms with Crippen LogP contribution in [0.1, 0.15) is 29.6 Å². The second kappa shape index (κ2) is 3.98. The van der Waals surface area contributed by atoms with Gasteiger partial charge in [0.1, 0.15) is 5.75 Å². The Morgan fingerprint density at radius 1 is 1.42 bits per heavy atom. The van der Waals surface area contributed by atoms with Crippen LogP contribution in [0.3, 0.4) is 0 Å². The predicted octanol–water partition coefficient (Wildman–Crippen LogP) is 2.13. The molecule has 2 aliphatic rings. The first-order chi connectivity index (χ1) is 9.05. The Kier molecular flexibility index (Phi) is 2.52. The normalized spacial score (nSPS) is 21.8. The van der Waals surface area contributed by atoms with Crippen LogP contribution in [0.2, 0.25) is 0 Å². The van der Waals surface area contributed by atoms with Crippen molar-refractivity contribution < 1.29 is 19.4 Å². The largest absolute Gasteiger partial charge is 0.497 e. The van der Waals surface area contributed by atoms with Crippen molar-refractivity contribution >= 4 is 17.6 Å². The molecule has 1 spiro atoms. The summed E-state index contributed by atoms with van der Waals surface area (Å²) in [6, 6.07) is 4.63. The van der Waals surface area contributed by atoms with E-state index in [0.29, 0.717) is 11.4 Å². The van der Waals surface area contributed by atoms with Gasteiger partial charge in [0.2, 0.25) is 5.91 Å². The molecule has 1 unspecified atom stereocenters. The Morgan fingerprint density at radius 2 is 2.16 bits per heavy atom. The third-order valence-electron chi connectivity index (χ3n) is 4.11. The summed E-state index contributed by atoms with van der Waals surface area (Å²) in [5.41, 5.74) is 0.652. The number of carboxylic acid groups (broad SMARTS) is 1. The Labute approximate surface area is 110 Å². The van der Waals surface area contributed by atoms with E-state index in [0.717, 1.165) is 19.3 Å². The second-order valence-electron chi connectivity index (χ2n) is 5.33. The van der Waals surface area contributed by atoms with Crippen molar-refractivity contribution in [3.05, 3.63) is 23.8 Å². The van der Waals surface area contributed by atoms with Crippen LogP contribution in [-0.2, 0) is 4.79 Å². The number of ether oxygens (including phenoxy) is 1. The van der Waals surface area contributed by atoms with E-state index in [2.05, 4.69) is 5.32 Å².